The van der Waals surface area contributed by atoms with Crippen molar-refractivity contribution in [3.63, 3.8) is 0 Å². The van der Waals surface area contributed by atoms with Crippen molar-refractivity contribution in [2.45, 2.75) is 19.5 Å². The largest absolute Gasteiger partial charge is 0.337 e. The van der Waals surface area contributed by atoms with Crippen molar-refractivity contribution in [1.82, 2.24) is 10.2 Å². The number of hydrogen-bond donors (Lipinski definition) is 1. The third-order valence-electron chi connectivity index (χ3n) is 3.07. The van der Waals surface area contributed by atoms with Crippen LogP contribution in [0.4, 0.5) is 0 Å². The van der Waals surface area contributed by atoms with Crippen LogP contribution < -0.4 is 5.32 Å². The van der Waals surface area contributed by atoms with Gasteiger partial charge in [-0.1, -0.05) is 29.3 Å². The molecule has 0 bridgehead atoms. The van der Waals surface area contributed by atoms with Crippen LogP contribution in [-0.4, -0.2) is 35.0 Å². The molecule has 0 radical (unpaired) electrons. The second-order valence-corrected chi connectivity index (χ2v) is 6.22. The Morgan fingerprint density at radius 2 is 2.20 bits per heavy atom. The van der Waals surface area contributed by atoms with E-state index in [1.165, 1.54) is 0 Å². The Labute approximate surface area is 139 Å². The number of nitrogens with zero attached hydrogens (tertiary/aromatic N) is 1. The number of carbonyl (C=O) groups is 1. The maximum absolute atomic E-state index is 12.3. The lowest BCUT2D eigenvalue weighted by Gasteiger charge is -2.24. The third kappa shape index (κ3) is 4.43. The highest BCUT2D eigenvalue weighted by molar-refractivity contribution is 7.99. The molecule has 1 N–H and O–H groups in total. The average Bonchev–Trinajstić information content (AvgIpc) is 2.93. The fourth-order valence-corrected chi connectivity index (χ4v) is 3.23. The zero-order chi connectivity index (χ0) is 13.8. The summed E-state index contributed by atoms with van der Waals surface area (Å²) in [4.78, 5) is 14.2. The van der Waals surface area contributed by atoms with Gasteiger partial charge in [-0.15, -0.1) is 24.2 Å². The van der Waals surface area contributed by atoms with E-state index in [1.807, 2.05) is 24.0 Å². The molecule has 0 aromatic heterocycles. The Morgan fingerprint density at radius 1 is 1.45 bits per heavy atom. The molecule has 1 aromatic carbocycles. The minimum absolute atomic E-state index is 0. The summed E-state index contributed by atoms with van der Waals surface area (Å²) >= 11 is 13.6. The standard InChI is InChI=1S/C13H16Cl2N2OS.ClH/c1-2-17(13(18)12-7-19-8-16-12)6-9-3-4-10(14)11(15)5-9;/h3-5,12,16H,2,6-8H2,1H3;1H/t12-;/m1./s1. The van der Waals surface area contributed by atoms with Gasteiger partial charge in [0.1, 0.15) is 0 Å². The van der Waals surface area contributed by atoms with Crippen molar-refractivity contribution in [3.8, 4) is 0 Å². The molecular weight excluding hydrogens is 339 g/mol. The summed E-state index contributed by atoms with van der Waals surface area (Å²) in [5.74, 6) is 1.84. The highest BCUT2D eigenvalue weighted by atomic mass is 35.5. The predicted octanol–water partition coefficient (Wildman–Crippen LogP) is 3.43. The minimum Gasteiger partial charge on any atom is -0.337 e. The van der Waals surface area contributed by atoms with Crippen LogP contribution in [-0.2, 0) is 11.3 Å². The molecule has 1 saturated heterocycles. The highest BCUT2D eigenvalue weighted by Crippen LogP contribution is 2.23. The fraction of sp³-hybridized carbons (Fsp3) is 0.462. The van der Waals surface area contributed by atoms with Crippen LogP contribution in [0.3, 0.4) is 0 Å². The fourth-order valence-electron chi connectivity index (χ4n) is 1.98. The molecule has 1 amide bonds. The van der Waals surface area contributed by atoms with Crippen molar-refractivity contribution < 1.29 is 4.79 Å². The molecule has 0 unspecified atom stereocenters. The van der Waals surface area contributed by atoms with Crippen LogP contribution in [0.1, 0.15) is 12.5 Å². The molecule has 0 spiro atoms. The van der Waals surface area contributed by atoms with E-state index in [4.69, 9.17) is 23.2 Å². The molecule has 1 atom stereocenters. The van der Waals surface area contributed by atoms with Gasteiger partial charge in [0.25, 0.3) is 0 Å². The molecule has 112 valence electrons. The van der Waals surface area contributed by atoms with Crippen molar-refractivity contribution >= 4 is 53.3 Å². The van der Waals surface area contributed by atoms with Gasteiger partial charge in [-0.25, -0.2) is 0 Å². The van der Waals surface area contributed by atoms with Gasteiger partial charge in [0, 0.05) is 24.7 Å². The molecule has 1 aliphatic rings. The van der Waals surface area contributed by atoms with Gasteiger partial charge >= 0.3 is 0 Å². The van der Waals surface area contributed by atoms with Gasteiger partial charge in [-0.05, 0) is 24.6 Å². The van der Waals surface area contributed by atoms with Crippen LogP contribution >= 0.6 is 47.4 Å². The lowest BCUT2D eigenvalue weighted by molar-refractivity contribution is -0.133. The molecule has 2 rings (SSSR count). The predicted molar refractivity (Wildman–Crippen MR) is 89.0 cm³/mol. The van der Waals surface area contributed by atoms with E-state index in [9.17, 15) is 4.79 Å². The van der Waals surface area contributed by atoms with E-state index in [0.717, 1.165) is 17.2 Å². The highest BCUT2D eigenvalue weighted by Gasteiger charge is 2.26. The second-order valence-electron chi connectivity index (χ2n) is 4.37. The first kappa shape index (κ1) is 17.9. The Hall–Kier alpha value is -0.130. The number of thioether (sulfide) groups is 1. The van der Waals surface area contributed by atoms with E-state index in [-0.39, 0.29) is 24.4 Å². The summed E-state index contributed by atoms with van der Waals surface area (Å²) in [6.45, 7) is 3.23. The van der Waals surface area contributed by atoms with E-state index in [2.05, 4.69) is 5.32 Å². The number of benzene rings is 1. The number of likely N-dealkylation sites (N-methyl/N-ethyl adjacent to an activating group) is 1. The number of nitrogens with one attached hydrogen (secondary N) is 1. The van der Waals surface area contributed by atoms with Crippen LogP contribution in [0, 0.1) is 0 Å². The molecule has 3 nitrogen and oxygen atoms in total. The van der Waals surface area contributed by atoms with Crippen molar-refractivity contribution in [1.29, 1.82) is 0 Å². The number of hydrogen-bond acceptors (Lipinski definition) is 3. The molecule has 20 heavy (non-hydrogen) atoms. The van der Waals surface area contributed by atoms with Crippen LogP contribution in [0.2, 0.25) is 10.0 Å². The van der Waals surface area contributed by atoms with Gasteiger partial charge < -0.3 is 4.90 Å². The monoisotopic (exact) mass is 354 g/mol. The smallest absolute Gasteiger partial charge is 0.240 e. The van der Waals surface area contributed by atoms with E-state index < -0.39 is 0 Å². The molecule has 1 aromatic rings. The number of amides is 1. The second kappa shape index (κ2) is 8.35. The molecular formula is C13H17Cl3N2OS. The average molecular weight is 356 g/mol. The maximum Gasteiger partial charge on any atom is 0.240 e. The van der Waals surface area contributed by atoms with Gasteiger partial charge in [0.15, 0.2) is 0 Å². The van der Waals surface area contributed by atoms with E-state index in [0.29, 0.717) is 23.1 Å². The van der Waals surface area contributed by atoms with Gasteiger partial charge in [0.05, 0.1) is 16.1 Å². The summed E-state index contributed by atoms with van der Waals surface area (Å²) in [6.07, 6.45) is 0. The molecule has 1 aliphatic heterocycles. The molecule has 7 heteroatoms. The van der Waals surface area contributed by atoms with Crippen molar-refractivity contribution in [2.24, 2.45) is 0 Å². The van der Waals surface area contributed by atoms with Gasteiger partial charge in [-0.2, -0.15) is 0 Å². The first-order chi connectivity index (χ1) is 9.11. The van der Waals surface area contributed by atoms with Crippen molar-refractivity contribution in [2.75, 3.05) is 18.2 Å². The molecule has 0 aliphatic carbocycles. The topological polar surface area (TPSA) is 32.3 Å². The minimum atomic E-state index is -0.0623. The Morgan fingerprint density at radius 3 is 2.75 bits per heavy atom. The lowest BCUT2D eigenvalue weighted by Crippen LogP contribution is -2.44. The van der Waals surface area contributed by atoms with Crippen LogP contribution in [0.25, 0.3) is 0 Å². The Bertz CT molecular complexity index is 467. The number of carbonyl (C=O) groups excluding carboxylic acids is 1. The zero-order valence-electron chi connectivity index (χ0n) is 11.1. The summed E-state index contributed by atoms with van der Waals surface area (Å²) in [5, 5.41) is 4.26. The summed E-state index contributed by atoms with van der Waals surface area (Å²) < 4.78 is 0. The first-order valence-electron chi connectivity index (χ1n) is 6.15. The van der Waals surface area contributed by atoms with Crippen LogP contribution in [0.15, 0.2) is 18.2 Å². The summed E-state index contributed by atoms with van der Waals surface area (Å²) in [7, 11) is 0. The van der Waals surface area contributed by atoms with E-state index >= 15 is 0 Å². The Balaban J connectivity index is 0.00000200. The van der Waals surface area contributed by atoms with Gasteiger partial charge in [-0.3, -0.25) is 10.1 Å². The van der Waals surface area contributed by atoms with Crippen LogP contribution in [0.5, 0.6) is 0 Å². The van der Waals surface area contributed by atoms with E-state index in [1.54, 1.807) is 17.8 Å². The number of rotatable bonds is 4. The van der Waals surface area contributed by atoms with Crippen molar-refractivity contribution in [3.05, 3.63) is 33.8 Å². The SMILES string of the molecule is CCN(Cc1ccc(Cl)c(Cl)c1)C(=O)[C@H]1CSCN1.Cl. The quantitative estimate of drug-likeness (QED) is 0.898. The summed E-state index contributed by atoms with van der Waals surface area (Å²) in [5.41, 5.74) is 0.996. The Kier molecular flexibility index (Phi) is 7.48. The lowest BCUT2D eigenvalue weighted by atomic mass is 10.2. The molecule has 1 heterocycles. The first-order valence-corrected chi connectivity index (χ1v) is 8.06. The maximum atomic E-state index is 12.3. The normalized spacial score (nSPS) is 17.6. The number of halogens is 3. The molecule has 1 fully saturated rings. The third-order valence-corrected chi connectivity index (χ3v) is 4.74. The zero-order valence-corrected chi connectivity index (χ0v) is 14.2. The van der Waals surface area contributed by atoms with Gasteiger partial charge in [0.2, 0.25) is 5.91 Å². The summed E-state index contributed by atoms with van der Waals surface area (Å²) in [6, 6.07) is 5.42. The molecule has 0 saturated carbocycles.